The number of aromatic nitrogens is 2. The molecule has 0 aliphatic heterocycles. The van der Waals surface area contributed by atoms with Gasteiger partial charge in [0.05, 0.1) is 11.9 Å². The van der Waals surface area contributed by atoms with Crippen LogP contribution in [-0.4, -0.2) is 45.0 Å². The van der Waals surface area contributed by atoms with Crippen LogP contribution in [0.1, 0.15) is 17.2 Å². The zero-order valence-corrected chi connectivity index (χ0v) is 19.4. The van der Waals surface area contributed by atoms with Crippen LogP contribution < -0.4 is 11.2 Å². The van der Waals surface area contributed by atoms with Gasteiger partial charge in [-0.15, -0.1) is 11.3 Å². The quantitative estimate of drug-likeness (QED) is 0.204. The standard InChI is InChI=1S/C22H22N4O6S2/c27-19-13-23-22(29)25(19)9-10-26(20(21(28)24-30)16-4-2-1-3-5-16)34(31,32)14-15-6-7-18-17(12-15)8-11-33-18/h1-8,11-13,20,27,30H,9-10,14H2,(H,23,29)(H,24,28)/t20-/m1/s1. The monoisotopic (exact) mass is 502 g/mol. The summed E-state index contributed by atoms with van der Waals surface area (Å²) in [5.74, 6) is -1.73. The van der Waals surface area contributed by atoms with Gasteiger partial charge in [-0.25, -0.2) is 18.7 Å². The molecule has 4 rings (SSSR count). The topological polar surface area (TPSA) is 145 Å². The van der Waals surface area contributed by atoms with E-state index in [4.69, 9.17) is 0 Å². The Morgan fingerprint density at radius 3 is 2.62 bits per heavy atom. The number of imidazole rings is 1. The zero-order valence-electron chi connectivity index (χ0n) is 17.8. The van der Waals surface area contributed by atoms with Gasteiger partial charge in [0, 0.05) is 17.8 Å². The third-order valence-electron chi connectivity index (χ3n) is 5.38. The van der Waals surface area contributed by atoms with Crippen LogP contribution in [0.3, 0.4) is 0 Å². The van der Waals surface area contributed by atoms with Crippen LogP contribution in [0.25, 0.3) is 10.1 Å². The zero-order chi connectivity index (χ0) is 24.3. The van der Waals surface area contributed by atoms with E-state index in [0.717, 1.165) is 25.2 Å². The van der Waals surface area contributed by atoms with Gasteiger partial charge in [0.2, 0.25) is 15.9 Å². The Bertz CT molecular complexity index is 1460. The Morgan fingerprint density at radius 1 is 1.18 bits per heavy atom. The summed E-state index contributed by atoms with van der Waals surface area (Å²) < 4.78 is 30.2. The number of sulfonamides is 1. The Kier molecular flexibility index (Phi) is 6.84. The second kappa shape index (κ2) is 9.81. The Morgan fingerprint density at radius 2 is 1.94 bits per heavy atom. The van der Waals surface area contributed by atoms with Gasteiger partial charge in [0.1, 0.15) is 6.04 Å². The number of thiophene rings is 1. The third kappa shape index (κ3) is 4.89. The van der Waals surface area contributed by atoms with Gasteiger partial charge < -0.3 is 10.1 Å². The lowest BCUT2D eigenvalue weighted by molar-refractivity contribution is -0.133. The molecule has 12 heteroatoms. The number of fused-ring (bicyclic) bond motifs is 1. The number of aromatic hydroxyl groups is 1. The van der Waals surface area contributed by atoms with E-state index in [1.165, 1.54) is 11.3 Å². The number of nitrogens with one attached hydrogen (secondary N) is 2. The summed E-state index contributed by atoms with van der Waals surface area (Å²) in [4.78, 5) is 27.0. The number of carbonyl (C=O) groups excluding carboxylic acids is 1. The largest absolute Gasteiger partial charge is 0.493 e. The minimum Gasteiger partial charge on any atom is -0.493 e. The molecule has 0 radical (unpaired) electrons. The van der Waals surface area contributed by atoms with Gasteiger partial charge in [0.15, 0.2) is 0 Å². The molecule has 0 saturated heterocycles. The fourth-order valence-electron chi connectivity index (χ4n) is 3.77. The maximum atomic E-state index is 13.6. The molecule has 2 aromatic heterocycles. The van der Waals surface area contributed by atoms with Crippen LogP contribution in [0.5, 0.6) is 5.88 Å². The summed E-state index contributed by atoms with van der Waals surface area (Å²) in [6.45, 7) is -0.541. The molecule has 178 valence electrons. The molecule has 2 heterocycles. The maximum absolute atomic E-state index is 13.6. The van der Waals surface area contributed by atoms with Gasteiger partial charge in [-0.2, -0.15) is 4.31 Å². The first-order chi connectivity index (χ1) is 16.3. The fourth-order valence-corrected chi connectivity index (χ4v) is 6.21. The van der Waals surface area contributed by atoms with Crippen molar-refractivity contribution in [3.05, 3.63) is 87.8 Å². The molecule has 0 saturated carbocycles. The average molecular weight is 503 g/mol. The summed E-state index contributed by atoms with van der Waals surface area (Å²) in [6.07, 6.45) is 1.09. The molecular weight excluding hydrogens is 480 g/mol. The lowest BCUT2D eigenvalue weighted by atomic mass is 10.1. The molecule has 4 aromatic rings. The molecule has 0 unspecified atom stereocenters. The molecule has 34 heavy (non-hydrogen) atoms. The third-order valence-corrected chi connectivity index (χ3v) is 8.08. The number of hydrogen-bond donors (Lipinski definition) is 4. The highest BCUT2D eigenvalue weighted by atomic mass is 32.2. The van der Waals surface area contributed by atoms with Gasteiger partial charge in [-0.05, 0) is 40.1 Å². The Hall–Kier alpha value is -3.45. The molecule has 1 amide bonds. The average Bonchev–Trinajstić information content (AvgIpc) is 3.42. The number of benzene rings is 2. The van der Waals surface area contributed by atoms with E-state index in [9.17, 15) is 28.3 Å². The summed E-state index contributed by atoms with van der Waals surface area (Å²) in [7, 11) is -4.15. The van der Waals surface area contributed by atoms with Crippen molar-refractivity contribution >= 4 is 37.4 Å². The summed E-state index contributed by atoms with van der Waals surface area (Å²) >= 11 is 1.54. The van der Waals surface area contributed by atoms with Gasteiger partial charge in [0.25, 0.3) is 5.91 Å². The first-order valence-corrected chi connectivity index (χ1v) is 12.7. The number of aromatic amines is 1. The van der Waals surface area contributed by atoms with E-state index in [1.807, 2.05) is 17.5 Å². The molecule has 0 aliphatic carbocycles. The van der Waals surface area contributed by atoms with Crippen LogP contribution in [0.4, 0.5) is 0 Å². The van der Waals surface area contributed by atoms with Gasteiger partial charge in [-0.3, -0.25) is 14.6 Å². The molecule has 1 atom stereocenters. The van der Waals surface area contributed by atoms with Crippen LogP contribution in [-0.2, 0) is 27.1 Å². The molecule has 10 nitrogen and oxygen atoms in total. The number of carbonyl (C=O) groups is 1. The van der Waals surface area contributed by atoms with Gasteiger partial charge >= 0.3 is 5.69 Å². The molecule has 4 N–H and O–H groups in total. The minimum absolute atomic E-state index is 0.223. The summed E-state index contributed by atoms with van der Waals surface area (Å²) in [5.41, 5.74) is 1.78. The number of hydrogen-bond acceptors (Lipinski definition) is 7. The first-order valence-electron chi connectivity index (χ1n) is 10.2. The molecule has 0 fully saturated rings. The van der Waals surface area contributed by atoms with Crippen molar-refractivity contribution in [3.63, 3.8) is 0 Å². The predicted molar refractivity (Wildman–Crippen MR) is 127 cm³/mol. The highest BCUT2D eigenvalue weighted by molar-refractivity contribution is 7.88. The number of amides is 1. The smallest absolute Gasteiger partial charge is 0.328 e. The van der Waals surface area contributed by atoms with Crippen LogP contribution in [0, 0.1) is 0 Å². The van der Waals surface area contributed by atoms with E-state index >= 15 is 0 Å². The second-order valence-electron chi connectivity index (χ2n) is 7.55. The van der Waals surface area contributed by atoms with Crippen molar-refractivity contribution < 1.29 is 23.5 Å². The van der Waals surface area contributed by atoms with E-state index in [1.54, 1.807) is 47.9 Å². The Labute approximate surface area is 198 Å². The fraction of sp³-hybridized carbons (Fsp3) is 0.182. The summed E-state index contributed by atoms with van der Waals surface area (Å²) in [5, 5.41) is 22.1. The SMILES string of the molecule is O=C(NO)[C@@H](c1ccccc1)N(CCn1c(O)c[nH]c1=O)S(=O)(=O)Cc1ccc2sccc2c1. The molecule has 2 aromatic carbocycles. The normalized spacial score (nSPS) is 12.8. The van der Waals surface area contributed by atoms with Crippen molar-refractivity contribution in [1.29, 1.82) is 0 Å². The molecule has 0 aliphatic rings. The molecule has 0 bridgehead atoms. The van der Waals surface area contributed by atoms with E-state index < -0.39 is 33.4 Å². The van der Waals surface area contributed by atoms with E-state index in [-0.39, 0.29) is 19.0 Å². The second-order valence-corrected chi connectivity index (χ2v) is 10.4. The Balaban J connectivity index is 1.74. The van der Waals surface area contributed by atoms with Crippen molar-refractivity contribution in [2.24, 2.45) is 0 Å². The van der Waals surface area contributed by atoms with Crippen molar-refractivity contribution in [3.8, 4) is 5.88 Å². The molecule has 0 spiro atoms. The summed E-state index contributed by atoms with van der Waals surface area (Å²) in [6, 6.07) is 13.9. The van der Waals surface area contributed by atoms with E-state index in [0.29, 0.717) is 11.1 Å². The number of nitrogens with zero attached hydrogens (tertiary/aromatic N) is 2. The highest BCUT2D eigenvalue weighted by Gasteiger charge is 2.36. The minimum atomic E-state index is -4.15. The molecular formula is C22H22N4O6S2. The number of hydroxylamine groups is 1. The van der Waals surface area contributed by atoms with Crippen molar-refractivity contribution in [2.75, 3.05) is 6.54 Å². The lowest BCUT2D eigenvalue weighted by Gasteiger charge is -2.30. The van der Waals surface area contributed by atoms with E-state index in [2.05, 4.69) is 4.98 Å². The predicted octanol–water partition coefficient (Wildman–Crippen LogP) is 2.18. The van der Waals surface area contributed by atoms with Crippen LogP contribution in [0.2, 0.25) is 0 Å². The van der Waals surface area contributed by atoms with Crippen LogP contribution >= 0.6 is 11.3 Å². The number of rotatable bonds is 9. The maximum Gasteiger partial charge on any atom is 0.328 e. The number of H-pyrrole nitrogens is 1. The highest BCUT2D eigenvalue weighted by Crippen LogP contribution is 2.28. The van der Waals surface area contributed by atoms with Gasteiger partial charge in [-0.1, -0.05) is 36.4 Å². The van der Waals surface area contributed by atoms with Crippen LogP contribution in [0.15, 0.2) is 71.0 Å². The lowest BCUT2D eigenvalue weighted by Crippen LogP contribution is -2.45. The van der Waals surface area contributed by atoms with Crippen molar-refractivity contribution in [2.45, 2.75) is 18.3 Å². The first kappa shape index (κ1) is 23.7. The van der Waals surface area contributed by atoms with Crippen molar-refractivity contribution in [1.82, 2.24) is 19.3 Å².